The molecule has 2 aliphatic rings. The minimum absolute atomic E-state index is 0.0273. The maximum absolute atomic E-state index is 14.5. The summed E-state index contributed by atoms with van der Waals surface area (Å²) < 4.78 is 47.5. The zero-order valence-electron chi connectivity index (χ0n) is 20.6. The number of hydrogen-bond donors (Lipinski definition) is 4. The highest BCUT2D eigenvalue weighted by Crippen LogP contribution is 2.38. The molecule has 2 saturated carbocycles. The predicted octanol–water partition coefficient (Wildman–Crippen LogP) is 4.92. The summed E-state index contributed by atoms with van der Waals surface area (Å²) in [6.07, 6.45) is -1.38. The van der Waals surface area contributed by atoms with Gasteiger partial charge in [0.05, 0.1) is 23.7 Å². The summed E-state index contributed by atoms with van der Waals surface area (Å²) >= 11 is 0. The quantitative estimate of drug-likeness (QED) is 0.327. The minimum atomic E-state index is -2.68. The highest BCUT2D eigenvalue weighted by molar-refractivity contribution is 6.09. The van der Waals surface area contributed by atoms with Crippen LogP contribution in [0.3, 0.4) is 0 Å². The van der Waals surface area contributed by atoms with Crippen molar-refractivity contribution < 1.29 is 32.6 Å². The van der Waals surface area contributed by atoms with Crippen molar-refractivity contribution in [3.8, 4) is 17.0 Å². The summed E-state index contributed by atoms with van der Waals surface area (Å²) in [7, 11) is 0. The number of fused-ring (bicyclic) bond motifs is 1. The Kier molecular flexibility index (Phi) is 7.13. The van der Waals surface area contributed by atoms with Crippen molar-refractivity contribution >= 4 is 23.0 Å². The van der Waals surface area contributed by atoms with E-state index in [4.69, 9.17) is 9.84 Å². The Labute approximate surface area is 216 Å². The van der Waals surface area contributed by atoms with Crippen LogP contribution in [0.5, 0.6) is 5.75 Å². The van der Waals surface area contributed by atoms with E-state index in [-0.39, 0.29) is 24.0 Å². The zero-order valence-corrected chi connectivity index (χ0v) is 20.6. The highest BCUT2D eigenvalue weighted by atomic mass is 19.3. The molecule has 0 bridgehead atoms. The van der Waals surface area contributed by atoms with E-state index in [1.165, 1.54) is 24.5 Å². The number of aryl methyl sites for hydroxylation is 1. The molecular formula is C26H28F3N5O4. The van der Waals surface area contributed by atoms with Crippen LogP contribution < -0.4 is 15.4 Å². The Morgan fingerprint density at radius 3 is 2.66 bits per heavy atom. The van der Waals surface area contributed by atoms with Crippen LogP contribution in [0.1, 0.15) is 60.1 Å². The molecule has 0 saturated heterocycles. The molecule has 12 heteroatoms. The molecule has 2 heterocycles. The average Bonchev–Trinajstić information content (AvgIpc) is 3.63. The number of carbonyl (C=O) groups excluding carboxylic acids is 1. The van der Waals surface area contributed by atoms with Gasteiger partial charge in [-0.05, 0) is 56.7 Å². The van der Waals surface area contributed by atoms with Crippen molar-refractivity contribution in [2.45, 2.75) is 63.7 Å². The van der Waals surface area contributed by atoms with Gasteiger partial charge in [-0.25, -0.2) is 27.9 Å². The van der Waals surface area contributed by atoms with Crippen molar-refractivity contribution in [1.29, 1.82) is 0 Å². The number of carboxylic acid groups (broad SMARTS) is 1. The number of alkyl halides is 3. The molecule has 0 aliphatic heterocycles. The Hall–Kier alpha value is -3.83. The van der Waals surface area contributed by atoms with E-state index >= 15 is 0 Å². The molecule has 0 unspecified atom stereocenters. The number of benzene rings is 1. The van der Waals surface area contributed by atoms with Gasteiger partial charge in [0.2, 0.25) is 0 Å². The van der Waals surface area contributed by atoms with Crippen molar-refractivity contribution in [3.63, 3.8) is 0 Å². The van der Waals surface area contributed by atoms with Gasteiger partial charge in [0.25, 0.3) is 12.3 Å². The molecule has 3 atom stereocenters. The normalized spacial score (nSPS) is 21.4. The number of carbonyl (C=O) groups is 2. The number of H-pyrrole nitrogens is 1. The standard InChI is InChI=1S/C26H28F3N5O4/c1-12-20(25(35)33-15-5-6-18(17(27)9-15)34-26(36)37)22-23(32-12)21(30-11-31-22)16-8-14(24(28)29)4-7-19(16)38-10-13-2-3-13/h4,7-8,11,13,15,17-18,24,32,34H,2-3,5-6,9-10H2,1H3,(H,33,35)(H,36,37)/t15-,17-,18-/m0/s1. The molecule has 2 aliphatic carbocycles. The molecule has 2 aromatic heterocycles. The van der Waals surface area contributed by atoms with E-state index in [0.717, 1.165) is 12.8 Å². The molecule has 4 N–H and O–H groups in total. The molecule has 202 valence electrons. The van der Waals surface area contributed by atoms with Gasteiger partial charge in [0.15, 0.2) is 0 Å². The van der Waals surface area contributed by atoms with Crippen molar-refractivity contribution in [2.75, 3.05) is 6.61 Å². The maximum Gasteiger partial charge on any atom is 0.404 e. The minimum Gasteiger partial charge on any atom is -0.493 e. The van der Waals surface area contributed by atoms with Crippen LogP contribution in [0.15, 0.2) is 24.5 Å². The number of nitrogens with one attached hydrogen (secondary N) is 3. The Morgan fingerprint density at radius 2 is 1.97 bits per heavy atom. The molecule has 2 fully saturated rings. The Bertz CT molecular complexity index is 1360. The first-order valence-electron chi connectivity index (χ1n) is 12.5. The second-order valence-corrected chi connectivity index (χ2v) is 9.94. The lowest BCUT2D eigenvalue weighted by atomic mass is 9.89. The SMILES string of the molecule is Cc1[nH]c2c(-c3cc(C(F)F)ccc3OCC3CC3)ncnc2c1C(=O)N[C@H]1CC[C@H](NC(=O)O)[C@@H](F)C1. The lowest BCUT2D eigenvalue weighted by molar-refractivity contribution is 0.0893. The maximum atomic E-state index is 14.5. The van der Waals surface area contributed by atoms with Gasteiger partial charge in [-0.3, -0.25) is 4.79 Å². The van der Waals surface area contributed by atoms with Crippen LogP contribution in [0.4, 0.5) is 18.0 Å². The van der Waals surface area contributed by atoms with Crippen molar-refractivity contribution in [1.82, 2.24) is 25.6 Å². The fourth-order valence-electron chi connectivity index (χ4n) is 4.91. The first-order valence-corrected chi connectivity index (χ1v) is 12.5. The van der Waals surface area contributed by atoms with Gasteiger partial charge in [0.1, 0.15) is 29.5 Å². The number of ether oxygens (including phenoxy) is 1. The van der Waals surface area contributed by atoms with Gasteiger partial charge < -0.3 is 25.5 Å². The number of halogens is 3. The van der Waals surface area contributed by atoms with Gasteiger partial charge >= 0.3 is 6.09 Å². The molecule has 38 heavy (non-hydrogen) atoms. The van der Waals surface area contributed by atoms with E-state index in [2.05, 4.69) is 25.6 Å². The zero-order chi connectivity index (χ0) is 27.0. The van der Waals surface area contributed by atoms with E-state index < -0.39 is 36.7 Å². The van der Waals surface area contributed by atoms with Crippen LogP contribution in [0.2, 0.25) is 0 Å². The predicted molar refractivity (Wildman–Crippen MR) is 132 cm³/mol. The number of amides is 2. The topological polar surface area (TPSA) is 129 Å². The van der Waals surface area contributed by atoms with E-state index in [1.54, 1.807) is 6.92 Å². The second-order valence-electron chi connectivity index (χ2n) is 9.94. The average molecular weight is 532 g/mol. The third-order valence-corrected chi connectivity index (χ3v) is 7.10. The van der Waals surface area contributed by atoms with Gasteiger partial charge in [-0.2, -0.15) is 0 Å². The molecule has 3 aromatic rings. The van der Waals surface area contributed by atoms with Gasteiger partial charge in [-0.15, -0.1) is 0 Å². The number of aromatic amines is 1. The monoisotopic (exact) mass is 531 g/mol. The first kappa shape index (κ1) is 25.8. The fourth-order valence-corrected chi connectivity index (χ4v) is 4.91. The lowest BCUT2D eigenvalue weighted by Crippen LogP contribution is -2.49. The van der Waals surface area contributed by atoms with E-state index in [9.17, 15) is 22.8 Å². The first-order chi connectivity index (χ1) is 18.2. The smallest absolute Gasteiger partial charge is 0.404 e. The van der Waals surface area contributed by atoms with Gasteiger partial charge in [-0.1, -0.05) is 0 Å². The van der Waals surface area contributed by atoms with E-state index in [1.807, 2.05) is 0 Å². The Morgan fingerprint density at radius 1 is 1.18 bits per heavy atom. The number of nitrogens with zero attached hydrogens (tertiary/aromatic N) is 2. The molecule has 1 aromatic carbocycles. The highest BCUT2D eigenvalue weighted by Gasteiger charge is 2.33. The number of rotatable bonds is 8. The largest absolute Gasteiger partial charge is 0.493 e. The summed E-state index contributed by atoms with van der Waals surface area (Å²) in [5, 5.41) is 13.9. The molecule has 0 spiro atoms. The van der Waals surface area contributed by atoms with Crippen LogP contribution in [0, 0.1) is 12.8 Å². The van der Waals surface area contributed by atoms with Crippen molar-refractivity contribution in [3.05, 3.63) is 41.3 Å². The number of aromatic nitrogens is 3. The molecule has 9 nitrogen and oxygen atoms in total. The third kappa shape index (κ3) is 5.39. The molecular weight excluding hydrogens is 503 g/mol. The second kappa shape index (κ2) is 10.5. The molecule has 5 rings (SSSR count). The Balaban J connectivity index is 1.43. The summed E-state index contributed by atoms with van der Waals surface area (Å²) in [5.41, 5.74) is 1.95. The van der Waals surface area contributed by atoms with Crippen LogP contribution >= 0.6 is 0 Å². The summed E-state index contributed by atoms with van der Waals surface area (Å²) in [5.74, 6) is 0.400. The van der Waals surface area contributed by atoms with Crippen LogP contribution in [-0.4, -0.2) is 56.9 Å². The fraction of sp³-hybridized carbons (Fsp3) is 0.462. The number of hydrogen-bond acceptors (Lipinski definition) is 5. The molecule has 2 amide bonds. The van der Waals surface area contributed by atoms with Crippen molar-refractivity contribution in [2.24, 2.45) is 5.92 Å². The van der Waals surface area contributed by atoms with E-state index in [0.29, 0.717) is 52.7 Å². The summed E-state index contributed by atoms with van der Waals surface area (Å²) in [4.78, 5) is 35.9. The molecule has 0 radical (unpaired) electrons. The summed E-state index contributed by atoms with van der Waals surface area (Å²) in [6.45, 7) is 2.17. The third-order valence-electron chi connectivity index (χ3n) is 7.10. The summed E-state index contributed by atoms with van der Waals surface area (Å²) in [6, 6.07) is 2.88. The van der Waals surface area contributed by atoms with Gasteiger partial charge in [0, 0.05) is 29.3 Å². The lowest BCUT2D eigenvalue weighted by Gasteiger charge is -2.31. The van der Waals surface area contributed by atoms with Crippen LogP contribution in [-0.2, 0) is 0 Å². The van der Waals surface area contributed by atoms with Crippen LogP contribution in [0.25, 0.3) is 22.3 Å².